The first-order chi connectivity index (χ1) is 13.4. The minimum Gasteiger partial charge on any atom is -0.496 e. The number of carbonyl (C=O) groups is 2. The molecule has 0 unspecified atom stereocenters. The Labute approximate surface area is 169 Å². The fraction of sp³-hybridized carbons (Fsp3) is 0.450. The van der Waals surface area contributed by atoms with E-state index in [9.17, 15) is 9.59 Å². The second-order valence-electron chi connectivity index (χ2n) is 6.93. The summed E-state index contributed by atoms with van der Waals surface area (Å²) >= 11 is 6.03. The summed E-state index contributed by atoms with van der Waals surface area (Å²) in [6, 6.07) is 4.99. The number of nitrogens with one attached hydrogen (secondary N) is 1. The summed E-state index contributed by atoms with van der Waals surface area (Å²) in [6.45, 7) is 5.11. The molecule has 3 rings (SSSR count). The van der Waals surface area contributed by atoms with Gasteiger partial charge in [0.05, 0.1) is 18.4 Å². The van der Waals surface area contributed by atoms with Gasteiger partial charge in [-0.25, -0.2) is 0 Å². The van der Waals surface area contributed by atoms with E-state index in [1.807, 2.05) is 13.8 Å². The second-order valence-corrected chi connectivity index (χ2v) is 7.37. The van der Waals surface area contributed by atoms with Gasteiger partial charge in [-0.15, -0.1) is 0 Å². The Morgan fingerprint density at radius 3 is 2.64 bits per heavy atom. The molecular weight excluding hydrogens is 382 g/mol. The van der Waals surface area contributed by atoms with Crippen molar-refractivity contribution in [3.63, 3.8) is 0 Å². The minimum absolute atomic E-state index is 0.00700. The minimum atomic E-state index is -0.131. The van der Waals surface area contributed by atoms with Gasteiger partial charge in [0, 0.05) is 36.1 Å². The Morgan fingerprint density at radius 2 is 2.04 bits per heavy atom. The normalized spacial score (nSPS) is 14.8. The van der Waals surface area contributed by atoms with Crippen LogP contribution in [0.15, 0.2) is 22.7 Å². The Kier molecular flexibility index (Phi) is 6.24. The zero-order chi connectivity index (χ0) is 20.3. The van der Waals surface area contributed by atoms with Crippen LogP contribution >= 0.6 is 11.6 Å². The van der Waals surface area contributed by atoms with Crippen LogP contribution in [0.25, 0.3) is 0 Å². The van der Waals surface area contributed by atoms with Crippen LogP contribution in [0.1, 0.15) is 40.2 Å². The quantitative estimate of drug-likeness (QED) is 0.826. The van der Waals surface area contributed by atoms with Crippen molar-refractivity contribution < 1.29 is 18.8 Å². The summed E-state index contributed by atoms with van der Waals surface area (Å²) in [5, 5.41) is 7.34. The lowest BCUT2D eigenvalue weighted by Gasteiger charge is -2.31. The van der Waals surface area contributed by atoms with E-state index in [-0.39, 0.29) is 17.7 Å². The van der Waals surface area contributed by atoms with Crippen LogP contribution in [-0.2, 0) is 11.3 Å². The number of hydrogen-bond donors (Lipinski definition) is 1. The van der Waals surface area contributed by atoms with Crippen molar-refractivity contribution in [3.05, 3.63) is 45.8 Å². The standard InChI is InChI=1S/C20H24ClN3O4/c1-12-17(13(2)28-23-12)11-22-19(25)14-6-8-24(9-7-14)20(26)16-10-15(21)4-5-18(16)27-3/h4-5,10,14H,6-9,11H2,1-3H3,(H,22,25). The van der Waals surface area contributed by atoms with Gasteiger partial charge in [0.25, 0.3) is 5.91 Å². The number of likely N-dealkylation sites (tertiary alicyclic amines) is 1. The summed E-state index contributed by atoms with van der Waals surface area (Å²) < 4.78 is 10.4. The third-order valence-electron chi connectivity index (χ3n) is 5.17. The third kappa shape index (κ3) is 4.30. The van der Waals surface area contributed by atoms with Crippen molar-refractivity contribution in [3.8, 4) is 5.75 Å². The van der Waals surface area contributed by atoms with Crippen LogP contribution in [0.2, 0.25) is 5.02 Å². The van der Waals surface area contributed by atoms with Crippen molar-refractivity contribution in [2.24, 2.45) is 5.92 Å². The van der Waals surface area contributed by atoms with Crippen molar-refractivity contribution in [1.29, 1.82) is 0 Å². The largest absolute Gasteiger partial charge is 0.496 e. The van der Waals surface area contributed by atoms with E-state index in [4.69, 9.17) is 20.9 Å². The molecule has 7 nitrogen and oxygen atoms in total. The molecule has 0 radical (unpaired) electrons. The number of carbonyl (C=O) groups excluding carboxylic acids is 2. The maximum Gasteiger partial charge on any atom is 0.257 e. The predicted octanol–water partition coefficient (Wildman–Crippen LogP) is 3.12. The van der Waals surface area contributed by atoms with Crippen molar-refractivity contribution in [2.45, 2.75) is 33.2 Å². The first kappa shape index (κ1) is 20.2. The fourth-order valence-corrected chi connectivity index (χ4v) is 3.61. The van der Waals surface area contributed by atoms with Crippen LogP contribution in [0, 0.1) is 19.8 Å². The van der Waals surface area contributed by atoms with Crippen LogP contribution in [0.4, 0.5) is 0 Å². The van der Waals surface area contributed by atoms with E-state index in [1.54, 1.807) is 23.1 Å². The lowest BCUT2D eigenvalue weighted by Crippen LogP contribution is -2.43. The van der Waals surface area contributed by atoms with Crippen molar-refractivity contribution in [1.82, 2.24) is 15.4 Å². The summed E-state index contributed by atoms with van der Waals surface area (Å²) in [7, 11) is 1.52. The van der Waals surface area contributed by atoms with Gasteiger partial charge in [-0.05, 0) is 44.9 Å². The molecule has 0 aliphatic carbocycles. The van der Waals surface area contributed by atoms with E-state index in [0.29, 0.717) is 54.6 Å². The Hall–Kier alpha value is -2.54. The molecule has 1 aromatic carbocycles. The number of hydrogen-bond acceptors (Lipinski definition) is 5. The molecule has 1 N–H and O–H groups in total. The number of nitrogens with zero attached hydrogens (tertiary/aromatic N) is 2. The average molecular weight is 406 g/mol. The highest BCUT2D eigenvalue weighted by atomic mass is 35.5. The van der Waals surface area contributed by atoms with Crippen molar-refractivity contribution in [2.75, 3.05) is 20.2 Å². The number of aryl methyl sites for hydroxylation is 2. The van der Waals surface area contributed by atoms with E-state index in [0.717, 1.165) is 11.3 Å². The number of halogens is 1. The lowest BCUT2D eigenvalue weighted by atomic mass is 9.95. The predicted molar refractivity (Wildman–Crippen MR) is 104 cm³/mol. The number of ether oxygens (including phenoxy) is 1. The summed E-state index contributed by atoms with van der Waals surface area (Å²) in [5.74, 6) is 0.953. The number of amides is 2. The average Bonchev–Trinajstić information content (AvgIpc) is 3.03. The molecule has 0 spiro atoms. The van der Waals surface area contributed by atoms with Crippen LogP contribution in [-0.4, -0.2) is 42.1 Å². The van der Waals surface area contributed by atoms with E-state index in [2.05, 4.69) is 10.5 Å². The molecule has 2 amide bonds. The van der Waals surface area contributed by atoms with Gasteiger partial charge in [0.1, 0.15) is 11.5 Å². The summed E-state index contributed by atoms with van der Waals surface area (Å²) in [4.78, 5) is 27.1. The summed E-state index contributed by atoms with van der Waals surface area (Å²) in [6.07, 6.45) is 1.23. The number of benzene rings is 1. The van der Waals surface area contributed by atoms with E-state index in [1.165, 1.54) is 7.11 Å². The van der Waals surface area contributed by atoms with Crippen LogP contribution in [0.3, 0.4) is 0 Å². The van der Waals surface area contributed by atoms with Gasteiger partial charge in [0.15, 0.2) is 0 Å². The molecule has 150 valence electrons. The number of methoxy groups -OCH3 is 1. The molecular formula is C20H24ClN3O4. The molecule has 1 aliphatic heterocycles. The Bertz CT molecular complexity index is 853. The maximum absolute atomic E-state index is 12.8. The molecule has 2 aromatic rings. The molecule has 0 atom stereocenters. The number of piperidine rings is 1. The topological polar surface area (TPSA) is 84.7 Å². The smallest absolute Gasteiger partial charge is 0.257 e. The molecule has 2 heterocycles. The SMILES string of the molecule is COc1ccc(Cl)cc1C(=O)N1CCC(C(=O)NCc2c(C)noc2C)CC1. The highest BCUT2D eigenvalue weighted by molar-refractivity contribution is 6.31. The molecule has 1 fully saturated rings. The lowest BCUT2D eigenvalue weighted by molar-refractivity contribution is -0.126. The van der Waals surface area contributed by atoms with E-state index < -0.39 is 0 Å². The highest BCUT2D eigenvalue weighted by Crippen LogP contribution is 2.26. The molecule has 1 aromatic heterocycles. The zero-order valence-corrected chi connectivity index (χ0v) is 17.0. The van der Waals surface area contributed by atoms with E-state index >= 15 is 0 Å². The Morgan fingerprint density at radius 1 is 1.32 bits per heavy atom. The van der Waals surface area contributed by atoms with Crippen LogP contribution in [0.5, 0.6) is 5.75 Å². The molecule has 1 aliphatic rings. The first-order valence-corrected chi connectivity index (χ1v) is 9.60. The highest BCUT2D eigenvalue weighted by Gasteiger charge is 2.29. The van der Waals surface area contributed by atoms with Gasteiger partial charge < -0.3 is 19.5 Å². The van der Waals surface area contributed by atoms with Gasteiger partial charge in [-0.1, -0.05) is 16.8 Å². The fourth-order valence-electron chi connectivity index (χ4n) is 3.44. The van der Waals surface area contributed by atoms with Gasteiger partial charge >= 0.3 is 0 Å². The van der Waals surface area contributed by atoms with Gasteiger partial charge in [-0.2, -0.15) is 0 Å². The molecule has 28 heavy (non-hydrogen) atoms. The second kappa shape index (κ2) is 8.65. The monoisotopic (exact) mass is 405 g/mol. The van der Waals surface area contributed by atoms with Crippen LogP contribution < -0.4 is 10.1 Å². The zero-order valence-electron chi connectivity index (χ0n) is 16.3. The number of rotatable bonds is 5. The van der Waals surface area contributed by atoms with Gasteiger partial charge in [-0.3, -0.25) is 9.59 Å². The molecule has 8 heteroatoms. The molecule has 0 saturated carbocycles. The van der Waals surface area contributed by atoms with Gasteiger partial charge in [0.2, 0.25) is 5.91 Å². The van der Waals surface area contributed by atoms with Crippen molar-refractivity contribution >= 4 is 23.4 Å². The maximum atomic E-state index is 12.8. The number of aromatic nitrogens is 1. The summed E-state index contributed by atoms with van der Waals surface area (Å²) in [5.41, 5.74) is 2.14. The molecule has 1 saturated heterocycles. The first-order valence-electron chi connectivity index (χ1n) is 9.23. The third-order valence-corrected chi connectivity index (χ3v) is 5.40. The molecule has 0 bridgehead atoms. The Balaban J connectivity index is 1.56.